The summed E-state index contributed by atoms with van der Waals surface area (Å²) in [6.07, 6.45) is 0.738. The monoisotopic (exact) mass is 200 g/mol. The number of benzene rings is 2. The fourth-order valence-corrected chi connectivity index (χ4v) is 2.15. The predicted octanol–water partition coefficient (Wildman–Crippen LogP) is 2.99. The molecule has 0 unspecified atom stereocenters. The van der Waals surface area contributed by atoms with Gasteiger partial charge < -0.3 is 5.11 Å². The third-order valence-electron chi connectivity index (χ3n) is 2.93. The maximum absolute atomic E-state index is 9.04. The highest BCUT2D eigenvalue weighted by molar-refractivity contribution is 5.91. The topological polar surface area (TPSA) is 20.2 Å². The lowest BCUT2D eigenvalue weighted by Crippen LogP contribution is -1.94. The predicted molar refractivity (Wildman–Crippen MR) is 64.2 cm³/mol. The van der Waals surface area contributed by atoms with Crippen LogP contribution in [0.4, 0.5) is 0 Å². The molecule has 0 amide bonds. The first-order chi connectivity index (χ1) is 7.24. The molecule has 0 spiro atoms. The van der Waals surface area contributed by atoms with Crippen molar-refractivity contribution in [1.82, 2.24) is 0 Å². The van der Waals surface area contributed by atoms with E-state index < -0.39 is 0 Å². The molecule has 0 aliphatic carbocycles. The smallest absolute Gasteiger partial charge is 0.0471 e. The molecular weight excluding hydrogens is 184 g/mol. The molecule has 2 aromatic carbocycles. The maximum Gasteiger partial charge on any atom is 0.0471 e. The van der Waals surface area contributed by atoms with E-state index in [0.29, 0.717) is 0 Å². The van der Waals surface area contributed by atoms with Gasteiger partial charge in [-0.15, -0.1) is 0 Å². The second-order valence-electron chi connectivity index (χ2n) is 4.01. The van der Waals surface area contributed by atoms with Crippen LogP contribution in [0.15, 0.2) is 30.3 Å². The molecule has 0 radical (unpaired) electrons. The van der Waals surface area contributed by atoms with E-state index in [1.54, 1.807) is 0 Å². The minimum atomic E-state index is 0.215. The summed E-state index contributed by atoms with van der Waals surface area (Å²) in [6, 6.07) is 10.6. The largest absolute Gasteiger partial charge is 0.396 e. The van der Waals surface area contributed by atoms with Crippen LogP contribution in [0.25, 0.3) is 10.8 Å². The molecule has 1 nitrogen and oxygen atoms in total. The number of aliphatic hydroxyl groups excluding tert-OH is 1. The second-order valence-corrected chi connectivity index (χ2v) is 4.01. The minimum absolute atomic E-state index is 0.215. The average Bonchev–Trinajstić information content (AvgIpc) is 2.24. The van der Waals surface area contributed by atoms with Crippen molar-refractivity contribution in [2.45, 2.75) is 20.3 Å². The van der Waals surface area contributed by atoms with Gasteiger partial charge in [-0.2, -0.15) is 0 Å². The van der Waals surface area contributed by atoms with Crippen molar-refractivity contribution in [2.75, 3.05) is 6.61 Å². The normalized spacial score (nSPS) is 10.9. The molecule has 15 heavy (non-hydrogen) atoms. The van der Waals surface area contributed by atoms with Gasteiger partial charge in [0.15, 0.2) is 0 Å². The molecule has 2 rings (SSSR count). The molecule has 0 aliphatic rings. The molecule has 1 N–H and O–H groups in total. The molecule has 0 saturated carbocycles. The van der Waals surface area contributed by atoms with Crippen molar-refractivity contribution in [3.05, 3.63) is 47.0 Å². The Morgan fingerprint density at radius 2 is 1.73 bits per heavy atom. The molecule has 0 bridgehead atoms. The average molecular weight is 200 g/mol. The van der Waals surface area contributed by atoms with Crippen LogP contribution < -0.4 is 0 Å². The van der Waals surface area contributed by atoms with E-state index in [9.17, 15) is 0 Å². The SMILES string of the molecule is Cc1ccc(C)c2c(CCO)cccc12. The van der Waals surface area contributed by atoms with E-state index in [4.69, 9.17) is 5.11 Å². The molecule has 0 saturated heterocycles. The lowest BCUT2D eigenvalue weighted by Gasteiger charge is -2.10. The first-order valence-electron chi connectivity index (χ1n) is 5.32. The Morgan fingerprint density at radius 3 is 2.47 bits per heavy atom. The summed E-state index contributed by atoms with van der Waals surface area (Å²) in [5, 5.41) is 11.7. The molecule has 0 fully saturated rings. The van der Waals surface area contributed by atoms with Gasteiger partial charge in [-0.3, -0.25) is 0 Å². The first kappa shape index (κ1) is 10.2. The number of rotatable bonds is 2. The molecule has 0 atom stereocenters. The molecule has 1 heteroatoms. The van der Waals surface area contributed by atoms with Crippen LogP contribution in [0.3, 0.4) is 0 Å². The van der Waals surface area contributed by atoms with Crippen molar-refractivity contribution >= 4 is 10.8 Å². The van der Waals surface area contributed by atoms with Crippen molar-refractivity contribution in [3.63, 3.8) is 0 Å². The van der Waals surface area contributed by atoms with Crippen LogP contribution in [0.5, 0.6) is 0 Å². The highest BCUT2D eigenvalue weighted by Gasteiger charge is 2.04. The third kappa shape index (κ3) is 1.75. The fourth-order valence-electron chi connectivity index (χ4n) is 2.15. The highest BCUT2D eigenvalue weighted by Crippen LogP contribution is 2.25. The van der Waals surface area contributed by atoms with Gasteiger partial charge in [-0.05, 0) is 47.7 Å². The van der Waals surface area contributed by atoms with Crippen molar-refractivity contribution in [3.8, 4) is 0 Å². The van der Waals surface area contributed by atoms with Crippen LogP contribution in [-0.4, -0.2) is 11.7 Å². The van der Waals surface area contributed by atoms with Crippen molar-refractivity contribution < 1.29 is 5.11 Å². The summed E-state index contributed by atoms with van der Waals surface area (Å²) in [5.41, 5.74) is 3.84. The van der Waals surface area contributed by atoms with E-state index in [2.05, 4.69) is 44.2 Å². The summed E-state index contributed by atoms with van der Waals surface area (Å²) in [7, 11) is 0. The Balaban J connectivity index is 2.78. The van der Waals surface area contributed by atoms with Crippen LogP contribution in [-0.2, 0) is 6.42 Å². The lowest BCUT2D eigenvalue weighted by molar-refractivity contribution is 0.300. The number of fused-ring (bicyclic) bond motifs is 1. The van der Waals surface area contributed by atoms with E-state index in [0.717, 1.165) is 6.42 Å². The van der Waals surface area contributed by atoms with Crippen LogP contribution >= 0.6 is 0 Å². The Labute approximate surface area is 90.4 Å². The molecule has 0 aromatic heterocycles. The highest BCUT2D eigenvalue weighted by atomic mass is 16.2. The van der Waals surface area contributed by atoms with Crippen LogP contribution in [0.2, 0.25) is 0 Å². The molecule has 2 aromatic rings. The minimum Gasteiger partial charge on any atom is -0.396 e. The molecule has 0 aliphatic heterocycles. The van der Waals surface area contributed by atoms with Crippen molar-refractivity contribution in [2.24, 2.45) is 0 Å². The Hall–Kier alpha value is -1.34. The molecule has 78 valence electrons. The van der Waals surface area contributed by atoms with Gasteiger partial charge in [-0.25, -0.2) is 0 Å². The van der Waals surface area contributed by atoms with Gasteiger partial charge in [0.25, 0.3) is 0 Å². The quantitative estimate of drug-likeness (QED) is 0.790. The van der Waals surface area contributed by atoms with Crippen molar-refractivity contribution in [1.29, 1.82) is 0 Å². The van der Waals surface area contributed by atoms with Gasteiger partial charge in [-0.1, -0.05) is 30.3 Å². The number of hydrogen-bond donors (Lipinski definition) is 1. The third-order valence-corrected chi connectivity index (χ3v) is 2.93. The second kappa shape index (κ2) is 4.03. The van der Waals surface area contributed by atoms with E-state index in [1.165, 1.54) is 27.5 Å². The molecular formula is C14H16O. The van der Waals surface area contributed by atoms with Gasteiger partial charge in [0.1, 0.15) is 0 Å². The fraction of sp³-hybridized carbons (Fsp3) is 0.286. The van der Waals surface area contributed by atoms with Gasteiger partial charge >= 0.3 is 0 Å². The van der Waals surface area contributed by atoms with Crippen LogP contribution in [0.1, 0.15) is 16.7 Å². The molecule has 0 heterocycles. The summed E-state index contributed by atoms with van der Waals surface area (Å²) in [6.45, 7) is 4.47. The summed E-state index contributed by atoms with van der Waals surface area (Å²) in [5.74, 6) is 0. The zero-order chi connectivity index (χ0) is 10.8. The first-order valence-corrected chi connectivity index (χ1v) is 5.32. The van der Waals surface area contributed by atoms with E-state index in [1.807, 2.05) is 0 Å². The van der Waals surface area contributed by atoms with E-state index in [-0.39, 0.29) is 6.61 Å². The van der Waals surface area contributed by atoms with Gasteiger partial charge in [0.05, 0.1) is 0 Å². The maximum atomic E-state index is 9.04. The zero-order valence-electron chi connectivity index (χ0n) is 9.25. The van der Waals surface area contributed by atoms with E-state index >= 15 is 0 Å². The Bertz CT molecular complexity index is 486. The number of aryl methyl sites for hydroxylation is 2. The Kier molecular flexibility index (Phi) is 2.74. The zero-order valence-corrected chi connectivity index (χ0v) is 9.25. The summed E-state index contributed by atoms with van der Waals surface area (Å²) in [4.78, 5) is 0. The van der Waals surface area contributed by atoms with Crippen LogP contribution in [0, 0.1) is 13.8 Å². The van der Waals surface area contributed by atoms with Gasteiger partial charge in [0, 0.05) is 6.61 Å². The summed E-state index contributed by atoms with van der Waals surface area (Å²) >= 11 is 0. The standard InChI is InChI=1S/C14H16O/c1-10-6-7-11(2)14-12(8-9-15)4-3-5-13(10)14/h3-7,15H,8-9H2,1-2H3. The Morgan fingerprint density at radius 1 is 1.00 bits per heavy atom. The lowest BCUT2D eigenvalue weighted by atomic mass is 9.95. The number of aliphatic hydroxyl groups is 1. The summed E-state index contributed by atoms with van der Waals surface area (Å²) < 4.78 is 0. The van der Waals surface area contributed by atoms with Gasteiger partial charge in [0.2, 0.25) is 0 Å². The number of hydrogen-bond acceptors (Lipinski definition) is 1.